The topological polar surface area (TPSA) is 54.4 Å². The van der Waals surface area contributed by atoms with Crippen LogP contribution >= 0.6 is 0 Å². The van der Waals surface area contributed by atoms with E-state index in [0.29, 0.717) is 13.2 Å². The summed E-state index contributed by atoms with van der Waals surface area (Å²) in [6, 6.07) is 5.11. The molecular weight excluding hydrogens is 394 g/mol. The Balaban J connectivity index is 1.52. The third kappa shape index (κ3) is 4.42. The molecule has 1 aliphatic carbocycles. The van der Waals surface area contributed by atoms with Crippen molar-refractivity contribution in [1.29, 1.82) is 0 Å². The number of benzene rings is 1. The molecular formula is C23H35N3O3Si. The van der Waals surface area contributed by atoms with Gasteiger partial charge in [0.05, 0.1) is 5.69 Å². The number of ether oxygens (including phenoxy) is 2. The van der Waals surface area contributed by atoms with E-state index in [2.05, 4.69) is 48.7 Å². The molecule has 1 fully saturated rings. The number of rotatable bonds is 7. The molecule has 2 aliphatic heterocycles. The summed E-state index contributed by atoms with van der Waals surface area (Å²) in [7, 11) is -1.16. The number of amidine groups is 1. The molecule has 0 radical (unpaired) electrons. The summed E-state index contributed by atoms with van der Waals surface area (Å²) in [5.41, 5.74) is 3.61. The van der Waals surface area contributed by atoms with Gasteiger partial charge >= 0.3 is 0 Å². The summed E-state index contributed by atoms with van der Waals surface area (Å²) in [5, 5.41) is 6.07. The summed E-state index contributed by atoms with van der Waals surface area (Å²) in [5.74, 6) is 2.40. The van der Waals surface area contributed by atoms with E-state index in [0.717, 1.165) is 35.7 Å². The Morgan fingerprint density at radius 3 is 2.70 bits per heavy atom. The molecule has 7 heteroatoms. The minimum Gasteiger partial charge on any atom is -0.483 e. The van der Waals surface area contributed by atoms with Crippen LogP contribution < -0.4 is 9.64 Å². The fraction of sp³-hybridized carbons (Fsp3) is 0.652. The van der Waals surface area contributed by atoms with Crippen LogP contribution in [0.5, 0.6) is 5.75 Å². The number of anilines is 1. The van der Waals surface area contributed by atoms with Crippen molar-refractivity contribution in [3.63, 3.8) is 0 Å². The summed E-state index contributed by atoms with van der Waals surface area (Å²) in [4.78, 5) is 15.1. The SMILES string of the molecule is Cc1cc2c(cc1CC1CCC1)N1C(=NN(COCC[Si](C)(C)C)C(=O)C1C)CO2. The van der Waals surface area contributed by atoms with E-state index in [1.807, 2.05) is 6.92 Å². The molecule has 164 valence electrons. The van der Waals surface area contributed by atoms with Gasteiger partial charge in [-0.3, -0.25) is 4.79 Å². The maximum Gasteiger partial charge on any atom is 0.267 e. The van der Waals surface area contributed by atoms with Gasteiger partial charge in [0, 0.05) is 14.7 Å². The Hall–Kier alpha value is -1.86. The number of nitrogens with zero attached hydrogens (tertiary/aromatic N) is 3. The Morgan fingerprint density at radius 2 is 2.03 bits per heavy atom. The van der Waals surface area contributed by atoms with E-state index in [9.17, 15) is 4.79 Å². The minimum absolute atomic E-state index is 0.0271. The average Bonchev–Trinajstić information content (AvgIpc) is 2.64. The van der Waals surface area contributed by atoms with Gasteiger partial charge in [0.2, 0.25) is 0 Å². The molecule has 1 aromatic carbocycles. The van der Waals surface area contributed by atoms with Gasteiger partial charge in [0.25, 0.3) is 5.91 Å². The minimum atomic E-state index is -1.16. The van der Waals surface area contributed by atoms with Crippen molar-refractivity contribution in [3.05, 3.63) is 23.3 Å². The van der Waals surface area contributed by atoms with Crippen molar-refractivity contribution < 1.29 is 14.3 Å². The van der Waals surface area contributed by atoms with Crippen molar-refractivity contribution in [2.24, 2.45) is 11.0 Å². The van der Waals surface area contributed by atoms with Gasteiger partial charge in [0.15, 0.2) is 5.84 Å². The number of carbonyl (C=O) groups excluding carboxylic acids is 1. The average molecular weight is 430 g/mol. The normalized spacial score (nSPS) is 21.6. The first-order valence-electron chi connectivity index (χ1n) is 11.2. The molecule has 3 aliphatic rings. The lowest BCUT2D eigenvalue weighted by molar-refractivity contribution is -0.138. The number of hydrazone groups is 1. The molecule has 0 bridgehead atoms. The van der Waals surface area contributed by atoms with Gasteiger partial charge in [-0.15, -0.1) is 0 Å². The summed E-state index contributed by atoms with van der Waals surface area (Å²) >= 11 is 0. The lowest BCUT2D eigenvalue weighted by atomic mass is 9.80. The van der Waals surface area contributed by atoms with E-state index in [1.54, 1.807) is 0 Å². The van der Waals surface area contributed by atoms with Crippen LogP contribution in [0.15, 0.2) is 17.2 Å². The highest BCUT2D eigenvalue weighted by Gasteiger charge is 2.39. The maximum absolute atomic E-state index is 13.0. The van der Waals surface area contributed by atoms with Gasteiger partial charge in [-0.25, -0.2) is 5.01 Å². The van der Waals surface area contributed by atoms with Gasteiger partial charge < -0.3 is 14.4 Å². The highest BCUT2D eigenvalue weighted by molar-refractivity contribution is 6.76. The molecule has 0 spiro atoms. The van der Waals surface area contributed by atoms with Crippen LogP contribution in [-0.4, -0.2) is 50.8 Å². The van der Waals surface area contributed by atoms with Gasteiger partial charge in [-0.2, -0.15) is 5.10 Å². The van der Waals surface area contributed by atoms with Crippen molar-refractivity contribution in [1.82, 2.24) is 5.01 Å². The van der Waals surface area contributed by atoms with Gasteiger partial charge in [-0.1, -0.05) is 38.9 Å². The molecule has 1 saturated carbocycles. The molecule has 0 N–H and O–H groups in total. The first kappa shape index (κ1) is 21.4. The smallest absolute Gasteiger partial charge is 0.267 e. The lowest BCUT2D eigenvalue weighted by Gasteiger charge is -2.41. The van der Waals surface area contributed by atoms with E-state index in [4.69, 9.17) is 9.47 Å². The Kier molecular flexibility index (Phi) is 5.94. The standard InChI is InChI=1S/C23H35N3O3Si/c1-16-11-21-20(13-19(16)12-18-7-6-8-18)26-17(2)23(27)25(24-22(26)14-29-21)15-28-9-10-30(3,4)5/h11,13,17-18H,6-10,12,14-15H2,1-5H3. The van der Waals surface area contributed by atoms with Crippen LogP contribution in [0.25, 0.3) is 0 Å². The van der Waals surface area contributed by atoms with Crippen LogP contribution in [0.4, 0.5) is 5.69 Å². The molecule has 0 saturated heterocycles. The van der Waals surface area contributed by atoms with Crippen molar-refractivity contribution in [2.75, 3.05) is 24.8 Å². The van der Waals surface area contributed by atoms with Crippen LogP contribution in [0, 0.1) is 12.8 Å². The zero-order chi connectivity index (χ0) is 21.5. The first-order valence-corrected chi connectivity index (χ1v) is 15.0. The monoisotopic (exact) mass is 429 g/mol. The summed E-state index contributed by atoms with van der Waals surface area (Å²) in [6.45, 7) is 12.3. The van der Waals surface area contributed by atoms with E-state index < -0.39 is 8.07 Å². The maximum atomic E-state index is 13.0. The third-order valence-electron chi connectivity index (χ3n) is 6.49. The number of carbonyl (C=O) groups is 1. The summed E-state index contributed by atoms with van der Waals surface area (Å²) in [6.07, 6.45) is 5.11. The Labute approximate surface area is 181 Å². The van der Waals surface area contributed by atoms with Crippen molar-refractivity contribution in [3.8, 4) is 5.75 Å². The Morgan fingerprint density at radius 1 is 1.27 bits per heavy atom. The van der Waals surface area contributed by atoms with Crippen LogP contribution in [0.3, 0.4) is 0 Å². The van der Waals surface area contributed by atoms with Crippen molar-refractivity contribution in [2.45, 2.75) is 71.3 Å². The number of aryl methyl sites for hydroxylation is 1. The van der Waals surface area contributed by atoms with Crippen LogP contribution in [-0.2, 0) is 16.0 Å². The van der Waals surface area contributed by atoms with E-state index in [1.165, 1.54) is 35.4 Å². The van der Waals surface area contributed by atoms with Gasteiger partial charge in [0.1, 0.15) is 25.1 Å². The molecule has 6 nitrogen and oxygen atoms in total. The number of amides is 1. The van der Waals surface area contributed by atoms with E-state index in [-0.39, 0.29) is 18.7 Å². The molecule has 2 heterocycles. The zero-order valence-corrected chi connectivity index (χ0v) is 20.0. The second-order valence-electron chi connectivity index (χ2n) is 10.2. The first-order chi connectivity index (χ1) is 14.2. The predicted octanol–water partition coefficient (Wildman–Crippen LogP) is 4.39. The molecule has 30 heavy (non-hydrogen) atoms. The fourth-order valence-corrected chi connectivity index (χ4v) is 5.00. The van der Waals surface area contributed by atoms with Crippen LogP contribution in [0.2, 0.25) is 25.7 Å². The number of hydrogen-bond acceptors (Lipinski definition) is 5. The van der Waals surface area contributed by atoms with Crippen LogP contribution in [0.1, 0.15) is 37.3 Å². The quantitative estimate of drug-likeness (QED) is 0.476. The highest BCUT2D eigenvalue weighted by atomic mass is 28.3. The largest absolute Gasteiger partial charge is 0.483 e. The number of hydrogen-bond donors (Lipinski definition) is 0. The second kappa shape index (κ2) is 8.34. The third-order valence-corrected chi connectivity index (χ3v) is 8.19. The lowest BCUT2D eigenvalue weighted by Crippen LogP contribution is -2.57. The zero-order valence-electron chi connectivity index (χ0n) is 19.0. The van der Waals surface area contributed by atoms with Gasteiger partial charge in [-0.05, 0) is 55.5 Å². The molecule has 1 atom stereocenters. The molecule has 1 unspecified atom stereocenters. The van der Waals surface area contributed by atoms with Crippen molar-refractivity contribution >= 4 is 25.5 Å². The predicted molar refractivity (Wildman–Crippen MR) is 123 cm³/mol. The summed E-state index contributed by atoms with van der Waals surface area (Å²) < 4.78 is 11.8. The van der Waals surface area contributed by atoms with E-state index >= 15 is 0 Å². The Bertz CT molecular complexity index is 845. The molecule has 1 aromatic rings. The molecule has 0 aromatic heterocycles. The highest BCUT2D eigenvalue weighted by Crippen LogP contribution is 2.40. The second-order valence-corrected chi connectivity index (χ2v) is 15.8. The number of fused-ring (bicyclic) bond motifs is 3. The molecule has 4 rings (SSSR count). The fourth-order valence-electron chi connectivity index (χ4n) is 4.24. The molecule has 1 amide bonds.